The molecule has 0 bridgehead atoms. The number of nitrogens with one attached hydrogen (secondary N) is 3. The van der Waals surface area contributed by atoms with E-state index in [4.69, 9.17) is 9.47 Å². The largest absolute Gasteiger partial charge is 0.444 e. The van der Waals surface area contributed by atoms with Crippen molar-refractivity contribution in [3.8, 4) is 0 Å². The van der Waals surface area contributed by atoms with Crippen LogP contribution >= 0.6 is 0 Å². The second kappa shape index (κ2) is 10.5. The molecule has 168 valence electrons. The highest BCUT2D eigenvalue weighted by Crippen LogP contribution is 2.16. The van der Waals surface area contributed by atoms with E-state index in [0.717, 1.165) is 26.3 Å². The summed E-state index contributed by atoms with van der Waals surface area (Å²) in [5.74, 6) is 0.673. The first-order valence-electron chi connectivity index (χ1n) is 10.5. The molecular weight excluding hydrogens is 382 g/mol. The topological polar surface area (TPSA) is 87.2 Å². The third kappa shape index (κ3) is 8.49. The number of aliphatic imine (C=N–C) groups is 1. The van der Waals surface area contributed by atoms with Gasteiger partial charge in [0.25, 0.3) is 0 Å². The molecule has 30 heavy (non-hydrogen) atoms. The Labute approximate surface area is 180 Å². The zero-order valence-corrected chi connectivity index (χ0v) is 19.2. The highest BCUT2D eigenvalue weighted by atomic mass is 16.6. The van der Waals surface area contributed by atoms with Crippen LogP contribution in [0.4, 0.5) is 10.5 Å². The number of hydrogen-bond donors (Lipinski definition) is 3. The molecule has 0 spiro atoms. The zero-order chi connectivity index (χ0) is 22.2. The average Bonchev–Trinajstić information content (AvgIpc) is 2.67. The van der Waals surface area contributed by atoms with Gasteiger partial charge in [0.15, 0.2) is 5.96 Å². The van der Waals surface area contributed by atoms with Gasteiger partial charge in [0, 0.05) is 38.9 Å². The molecule has 1 aliphatic heterocycles. The van der Waals surface area contributed by atoms with Crippen molar-refractivity contribution in [3.05, 3.63) is 29.8 Å². The van der Waals surface area contributed by atoms with Crippen LogP contribution < -0.4 is 20.9 Å². The predicted octanol–water partition coefficient (Wildman–Crippen LogP) is 2.49. The van der Waals surface area contributed by atoms with E-state index in [0.29, 0.717) is 19.0 Å². The molecule has 2 rings (SSSR count). The number of guanidine groups is 1. The molecule has 1 aliphatic rings. The molecule has 1 aromatic carbocycles. The van der Waals surface area contributed by atoms with Gasteiger partial charge in [-0.25, -0.2) is 4.79 Å². The second-order valence-electron chi connectivity index (χ2n) is 9.06. The van der Waals surface area contributed by atoms with Crippen molar-refractivity contribution in [2.45, 2.75) is 52.3 Å². The van der Waals surface area contributed by atoms with Gasteiger partial charge in [0.05, 0.1) is 18.8 Å². The molecule has 1 aromatic rings. The fraction of sp³-hybridized carbons (Fsp3) is 0.636. The fourth-order valence-corrected chi connectivity index (χ4v) is 2.98. The molecule has 0 unspecified atom stereocenters. The van der Waals surface area contributed by atoms with E-state index >= 15 is 0 Å². The van der Waals surface area contributed by atoms with E-state index in [1.165, 1.54) is 11.3 Å². The number of morpholine rings is 1. The number of carbonyl (C=O) groups excluding carboxylic acids is 1. The Morgan fingerprint density at radius 2 is 1.73 bits per heavy atom. The average molecular weight is 420 g/mol. The van der Waals surface area contributed by atoms with Gasteiger partial charge < -0.3 is 30.3 Å². The number of nitrogens with zero attached hydrogens (tertiary/aromatic N) is 2. The van der Waals surface area contributed by atoms with E-state index < -0.39 is 17.2 Å². The first-order chi connectivity index (χ1) is 14.1. The summed E-state index contributed by atoms with van der Waals surface area (Å²) in [5.41, 5.74) is 1.36. The maximum atomic E-state index is 12.0. The summed E-state index contributed by atoms with van der Waals surface area (Å²) in [6.45, 7) is 14.0. The van der Waals surface area contributed by atoms with Gasteiger partial charge >= 0.3 is 6.09 Å². The predicted molar refractivity (Wildman–Crippen MR) is 121 cm³/mol. The van der Waals surface area contributed by atoms with Gasteiger partial charge in [-0.2, -0.15) is 0 Å². The van der Waals surface area contributed by atoms with Crippen LogP contribution in [0.3, 0.4) is 0 Å². The van der Waals surface area contributed by atoms with Crippen LogP contribution in [0.1, 0.15) is 40.2 Å². The van der Waals surface area contributed by atoms with E-state index in [-0.39, 0.29) is 0 Å². The lowest BCUT2D eigenvalue weighted by Gasteiger charge is -2.29. The maximum absolute atomic E-state index is 12.0. The summed E-state index contributed by atoms with van der Waals surface area (Å²) >= 11 is 0. The van der Waals surface area contributed by atoms with Crippen molar-refractivity contribution in [2.75, 3.05) is 44.8 Å². The van der Waals surface area contributed by atoms with Crippen LogP contribution in [-0.4, -0.2) is 63.1 Å². The molecular formula is C22H37N5O3. The summed E-state index contributed by atoms with van der Waals surface area (Å²) in [6.07, 6.45) is -0.433. The molecule has 0 aliphatic carbocycles. The van der Waals surface area contributed by atoms with Crippen LogP contribution in [0, 0.1) is 0 Å². The lowest BCUT2D eigenvalue weighted by Crippen LogP contribution is -2.54. The maximum Gasteiger partial charge on any atom is 0.408 e. The summed E-state index contributed by atoms with van der Waals surface area (Å²) in [5, 5.41) is 9.45. The zero-order valence-electron chi connectivity index (χ0n) is 19.2. The number of anilines is 1. The van der Waals surface area contributed by atoms with Crippen LogP contribution in [0.5, 0.6) is 0 Å². The Kier molecular flexibility index (Phi) is 8.34. The van der Waals surface area contributed by atoms with Crippen molar-refractivity contribution in [1.29, 1.82) is 0 Å². The van der Waals surface area contributed by atoms with Crippen molar-refractivity contribution in [3.63, 3.8) is 0 Å². The van der Waals surface area contributed by atoms with Crippen LogP contribution in [-0.2, 0) is 16.0 Å². The highest BCUT2D eigenvalue weighted by molar-refractivity contribution is 5.79. The number of hydrogen-bond acceptors (Lipinski definition) is 5. The minimum absolute atomic E-state index is 0.433. The third-order valence-corrected chi connectivity index (χ3v) is 4.53. The molecule has 8 heteroatoms. The fourth-order valence-electron chi connectivity index (χ4n) is 2.98. The summed E-state index contributed by atoms with van der Waals surface area (Å²) < 4.78 is 10.7. The number of amides is 1. The number of benzene rings is 1. The first kappa shape index (κ1) is 23.8. The molecule has 0 aromatic heterocycles. The number of rotatable bonds is 6. The molecule has 1 fully saturated rings. The van der Waals surface area contributed by atoms with Gasteiger partial charge in [0.2, 0.25) is 0 Å². The number of ether oxygens (including phenoxy) is 2. The van der Waals surface area contributed by atoms with E-state index in [2.05, 4.69) is 50.1 Å². The molecule has 0 atom stereocenters. The van der Waals surface area contributed by atoms with Crippen LogP contribution in [0.25, 0.3) is 0 Å². The second-order valence-corrected chi connectivity index (χ2v) is 9.06. The quantitative estimate of drug-likeness (QED) is 0.485. The lowest BCUT2D eigenvalue weighted by atomic mass is 10.1. The SMILES string of the molecule is CN=C(NCc1ccc(N2CCOCC2)cc1)NCC(C)(C)NC(=O)OC(C)(C)C. The van der Waals surface area contributed by atoms with Crippen molar-refractivity contribution >= 4 is 17.7 Å². The summed E-state index contributed by atoms with van der Waals surface area (Å²) in [6, 6.07) is 8.54. The highest BCUT2D eigenvalue weighted by Gasteiger charge is 2.24. The normalized spacial score (nSPS) is 15.5. The number of carbonyl (C=O) groups is 1. The molecule has 3 N–H and O–H groups in total. The monoisotopic (exact) mass is 419 g/mol. The Hall–Kier alpha value is -2.48. The molecule has 8 nitrogen and oxygen atoms in total. The lowest BCUT2D eigenvalue weighted by molar-refractivity contribution is 0.0474. The van der Waals surface area contributed by atoms with Gasteiger partial charge in [-0.1, -0.05) is 12.1 Å². The smallest absolute Gasteiger partial charge is 0.408 e. The van der Waals surface area contributed by atoms with Gasteiger partial charge in [-0.15, -0.1) is 0 Å². The third-order valence-electron chi connectivity index (χ3n) is 4.53. The minimum atomic E-state index is -0.525. The van der Waals surface area contributed by atoms with E-state index in [1.807, 2.05) is 34.6 Å². The molecule has 0 radical (unpaired) electrons. The Bertz CT molecular complexity index is 704. The van der Waals surface area contributed by atoms with Crippen molar-refractivity contribution in [1.82, 2.24) is 16.0 Å². The van der Waals surface area contributed by atoms with Crippen molar-refractivity contribution < 1.29 is 14.3 Å². The molecule has 1 saturated heterocycles. The standard InChI is InChI=1S/C22H37N5O3/c1-21(2,3)30-20(28)26-22(4,5)16-25-19(23-6)24-15-17-7-9-18(10-8-17)27-11-13-29-14-12-27/h7-10H,11-16H2,1-6H3,(H,26,28)(H2,23,24,25). The Balaban J connectivity index is 1.79. The molecule has 0 saturated carbocycles. The van der Waals surface area contributed by atoms with Gasteiger partial charge in [0.1, 0.15) is 5.60 Å². The van der Waals surface area contributed by atoms with E-state index in [1.54, 1.807) is 7.05 Å². The minimum Gasteiger partial charge on any atom is -0.444 e. The Morgan fingerprint density at radius 3 is 2.30 bits per heavy atom. The van der Waals surface area contributed by atoms with Crippen molar-refractivity contribution in [2.24, 2.45) is 4.99 Å². The molecule has 1 heterocycles. The Morgan fingerprint density at radius 1 is 1.10 bits per heavy atom. The molecule has 1 amide bonds. The van der Waals surface area contributed by atoms with Crippen LogP contribution in [0.2, 0.25) is 0 Å². The van der Waals surface area contributed by atoms with E-state index in [9.17, 15) is 4.79 Å². The van der Waals surface area contributed by atoms with Gasteiger partial charge in [-0.3, -0.25) is 4.99 Å². The van der Waals surface area contributed by atoms with Crippen LogP contribution in [0.15, 0.2) is 29.3 Å². The first-order valence-corrected chi connectivity index (χ1v) is 10.5. The van der Waals surface area contributed by atoms with Gasteiger partial charge in [-0.05, 0) is 52.3 Å². The summed E-state index contributed by atoms with van der Waals surface area (Å²) in [7, 11) is 1.73. The number of alkyl carbamates (subject to hydrolysis) is 1. The summed E-state index contributed by atoms with van der Waals surface area (Å²) in [4.78, 5) is 18.6.